The molecule has 2 aromatic rings. The predicted octanol–water partition coefficient (Wildman–Crippen LogP) is 4.11. The molecule has 84 valence electrons. The number of halogens is 1. The SMILES string of the molecule is C#Cc1cc(Br)ccc1-c1ccc(OC)cc1. The normalized spacial score (nSPS) is 9.71. The quantitative estimate of drug-likeness (QED) is 0.755. The van der Waals surface area contributed by atoms with Crippen molar-refractivity contribution in [2.45, 2.75) is 0 Å². The molecule has 0 aliphatic rings. The summed E-state index contributed by atoms with van der Waals surface area (Å²) >= 11 is 3.42. The Kier molecular flexibility index (Phi) is 3.51. The summed E-state index contributed by atoms with van der Waals surface area (Å²) < 4.78 is 6.12. The zero-order chi connectivity index (χ0) is 12.3. The molecule has 0 saturated carbocycles. The molecular weight excluding hydrogens is 276 g/mol. The van der Waals surface area contributed by atoms with E-state index in [0.29, 0.717) is 0 Å². The van der Waals surface area contributed by atoms with E-state index in [1.54, 1.807) is 7.11 Å². The molecule has 0 N–H and O–H groups in total. The van der Waals surface area contributed by atoms with Gasteiger partial charge in [0.05, 0.1) is 7.11 Å². The van der Waals surface area contributed by atoms with Crippen molar-refractivity contribution in [1.29, 1.82) is 0 Å². The van der Waals surface area contributed by atoms with E-state index in [1.165, 1.54) is 0 Å². The number of rotatable bonds is 2. The number of benzene rings is 2. The maximum absolute atomic E-state index is 5.52. The molecule has 0 unspecified atom stereocenters. The van der Waals surface area contributed by atoms with Crippen molar-refractivity contribution in [3.63, 3.8) is 0 Å². The zero-order valence-electron chi connectivity index (χ0n) is 9.41. The molecule has 17 heavy (non-hydrogen) atoms. The molecule has 2 heteroatoms. The minimum Gasteiger partial charge on any atom is -0.497 e. The fraction of sp³-hybridized carbons (Fsp3) is 0.0667. The highest BCUT2D eigenvalue weighted by Crippen LogP contribution is 2.27. The number of hydrogen-bond acceptors (Lipinski definition) is 1. The van der Waals surface area contributed by atoms with E-state index < -0.39 is 0 Å². The first-order valence-electron chi connectivity index (χ1n) is 5.15. The van der Waals surface area contributed by atoms with Crippen molar-refractivity contribution in [3.8, 4) is 29.2 Å². The smallest absolute Gasteiger partial charge is 0.118 e. The van der Waals surface area contributed by atoms with E-state index in [0.717, 1.165) is 26.9 Å². The highest BCUT2D eigenvalue weighted by molar-refractivity contribution is 9.10. The Labute approximate surface area is 110 Å². The van der Waals surface area contributed by atoms with Gasteiger partial charge in [0.1, 0.15) is 5.75 Å². The summed E-state index contributed by atoms with van der Waals surface area (Å²) in [6.45, 7) is 0. The van der Waals surface area contributed by atoms with Gasteiger partial charge in [-0.1, -0.05) is 40.0 Å². The largest absolute Gasteiger partial charge is 0.497 e. The van der Waals surface area contributed by atoms with E-state index >= 15 is 0 Å². The molecule has 0 radical (unpaired) electrons. The lowest BCUT2D eigenvalue weighted by atomic mass is 10.0. The summed E-state index contributed by atoms with van der Waals surface area (Å²) in [5.74, 6) is 3.54. The second kappa shape index (κ2) is 5.07. The standard InChI is InChI=1S/C15H11BrO/c1-3-11-10-13(16)6-9-15(11)12-4-7-14(17-2)8-5-12/h1,4-10H,2H3. The molecule has 2 rings (SSSR count). The van der Waals surface area contributed by atoms with Crippen LogP contribution in [-0.2, 0) is 0 Å². The Bertz CT molecular complexity index is 564. The Hall–Kier alpha value is -1.72. The average molecular weight is 287 g/mol. The van der Waals surface area contributed by atoms with Crippen LogP contribution >= 0.6 is 15.9 Å². The van der Waals surface area contributed by atoms with Crippen LogP contribution in [0.1, 0.15) is 5.56 Å². The fourth-order valence-corrected chi connectivity index (χ4v) is 2.02. The third kappa shape index (κ3) is 2.51. The highest BCUT2D eigenvalue weighted by Gasteiger charge is 2.04. The van der Waals surface area contributed by atoms with Crippen LogP contribution in [-0.4, -0.2) is 7.11 Å². The second-order valence-electron chi connectivity index (χ2n) is 3.56. The topological polar surface area (TPSA) is 9.23 Å². The van der Waals surface area contributed by atoms with Gasteiger partial charge in [-0.05, 0) is 35.4 Å². The molecule has 0 aromatic heterocycles. The van der Waals surface area contributed by atoms with E-state index in [1.807, 2.05) is 42.5 Å². The van der Waals surface area contributed by atoms with Gasteiger partial charge in [0.2, 0.25) is 0 Å². The molecule has 1 nitrogen and oxygen atoms in total. The minimum absolute atomic E-state index is 0.841. The third-order valence-electron chi connectivity index (χ3n) is 2.54. The Balaban J connectivity index is 2.49. The Morgan fingerprint density at radius 3 is 2.41 bits per heavy atom. The van der Waals surface area contributed by atoms with E-state index in [2.05, 4.69) is 21.9 Å². The molecule has 0 saturated heterocycles. The van der Waals surface area contributed by atoms with Crippen molar-refractivity contribution >= 4 is 15.9 Å². The molecule has 0 amide bonds. The van der Waals surface area contributed by atoms with Crippen LogP contribution in [0.3, 0.4) is 0 Å². The average Bonchev–Trinajstić information content (AvgIpc) is 2.39. The molecule has 0 fully saturated rings. The van der Waals surface area contributed by atoms with Gasteiger partial charge in [0.15, 0.2) is 0 Å². The van der Waals surface area contributed by atoms with Crippen LogP contribution in [0.25, 0.3) is 11.1 Å². The molecule has 0 aliphatic carbocycles. The van der Waals surface area contributed by atoms with E-state index in [9.17, 15) is 0 Å². The molecule has 0 heterocycles. The number of methoxy groups -OCH3 is 1. The van der Waals surface area contributed by atoms with Crippen LogP contribution < -0.4 is 4.74 Å². The van der Waals surface area contributed by atoms with Gasteiger partial charge >= 0.3 is 0 Å². The van der Waals surface area contributed by atoms with E-state index in [-0.39, 0.29) is 0 Å². The summed E-state index contributed by atoms with van der Waals surface area (Å²) in [7, 11) is 1.65. The van der Waals surface area contributed by atoms with Crippen LogP contribution in [0, 0.1) is 12.3 Å². The summed E-state index contributed by atoms with van der Waals surface area (Å²) in [4.78, 5) is 0. The molecule has 0 spiro atoms. The van der Waals surface area contributed by atoms with Crippen LogP contribution in [0.5, 0.6) is 5.75 Å². The van der Waals surface area contributed by atoms with Gasteiger partial charge in [0.25, 0.3) is 0 Å². The minimum atomic E-state index is 0.841. The Morgan fingerprint density at radius 2 is 1.82 bits per heavy atom. The van der Waals surface area contributed by atoms with Crippen LogP contribution in [0.4, 0.5) is 0 Å². The maximum atomic E-state index is 5.52. The van der Waals surface area contributed by atoms with Crippen molar-refractivity contribution in [2.75, 3.05) is 7.11 Å². The fourth-order valence-electron chi connectivity index (χ4n) is 1.66. The lowest BCUT2D eigenvalue weighted by molar-refractivity contribution is 0.415. The molecule has 0 atom stereocenters. The van der Waals surface area contributed by atoms with Crippen LogP contribution in [0.15, 0.2) is 46.9 Å². The lowest BCUT2D eigenvalue weighted by Crippen LogP contribution is -1.86. The van der Waals surface area contributed by atoms with Gasteiger partial charge in [-0.25, -0.2) is 0 Å². The zero-order valence-corrected chi connectivity index (χ0v) is 11.0. The third-order valence-corrected chi connectivity index (χ3v) is 3.03. The molecule has 0 bridgehead atoms. The Morgan fingerprint density at radius 1 is 1.12 bits per heavy atom. The summed E-state index contributed by atoms with van der Waals surface area (Å²) in [6, 6.07) is 13.8. The van der Waals surface area contributed by atoms with Crippen molar-refractivity contribution in [1.82, 2.24) is 0 Å². The van der Waals surface area contributed by atoms with Crippen LogP contribution in [0.2, 0.25) is 0 Å². The maximum Gasteiger partial charge on any atom is 0.118 e. The van der Waals surface area contributed by atoms with Gasteiger partial charge in [-0.15, -0.1) is 6.42 Å². The van der Waals surface area contributed by atoms with Gasteiger partial charge in [0, 0.05) is 10.0 Å². The van der Waals surface area contributed by atoms with E-state index in [4.69, 9.17) is 11.2 Å². The van der Waals surface area contributed by atoms with Gasteiger partial charge < -0.3 is 4.74 Å². The number of hydrogen-bond donors (Lipinski definition) is 0. The van der Waals surface area contributed by atoms with Crippen molar-refractivity contribution in [3.05, 3.63) is 52.5 Å². The second-order valence-corrected chi connectivity index (χ2v) is 4.48. The highest BCUT2D eigenvalue weighted by atomic mass is 79.9. The monoisotopic (exact) mass is 286 g/mol. The number of ether oxygens (including phenoxy) is 1. The summed E-state index contributed by atoms with van der Waals surface area (Å²) in [5.41, 5.74) is 3.02. The first-order chi connectivity index (χ1) is 8.24. The van der Waals surface area contributed by atoms with Gasteiger partial charge in [-0.3, -0.25) is 0 Å². The first kappa shape index (κ1) is 11.8. The van der Waals surface area contributed by atoms with Crippen molar-refractivity contribution < 1.29 is 4.74 Å². The molecule has 2 aromatic carbocycles. The first-order valence-corrected chi connectivity index (χ1v) is 5.94. The predicted molar refractivity (Wildman–Crippen MR) is 74.1 cm³/mol. The van der Waals surface area contributed by atoms with Gasteiger partial charge in [-0.2, -0.15) is 0 Å². The summed E-state index contributed by atoms with van der Waals surface area (Å²) in [6.07, 6.45) is 5.52. The summed E-state index contributed by atoms with van der Waals surface area (Å²) in [5, 5.41) is 0. The van der Waals surface area contributed by atoms with Crippen molar-refractivity contribution in [2.24, 2.45) is 0 Å². The molecular formula is C15H11BrO. The lowest BCUT2D eigenvalue weighted by Gasteiger charge is -2.07. The number of terminal acetylenes is 1. The molecule has 0 aliphatic heterocycles.